The van der Waals surface area contributed by atoms with Gasteiger partial charge in [0.25, 0.3) is 0 Å². The maximum Gasteiger partial charge on any atom is 0.337 e. The Balaban J connectivity index is 2.20. The minimum absolute atomic E-state index is 0.0145. The van der Waals surface area contributed by atoms with Crippen LogP contribution in [0, 0.1) is 5.92 Å². The first-order valence-corrected chi connectivity index (χ1v) is 6.81. The third kappa shape index (κ3) is 3.16. The first kappa shape index (κ1) is 11.8. The fourth-order valence-corrected chi connectivity index (χ4v) is 3.00. The highest BCUT2D eigenvalue weighted by Gasteiger charge is 2.28. The van der Waals surface area contributed by atoms with Crippen LogP contribution in [-0.4, -0.2) is 30.2 Å². The molecule has 7 heteroatoms. The SMILES string of the molecule is O=C(O)c1ccncc1NS(=O)(=O)CC1CC1. The molecule has 1 saturated carbocycles. The maximum atomic E-state index is 11.7. The van der Waals surface area contributed by atoms with E-state index in [1.165, 1.54) is 18.5 Å². The Morgan fingerprint density at radius 3 is 2.82 bits per heavy atom. The fourth-order valence-electron chi connectivity index (χ4n) is 1.47. The van der Waals surface area contributed by atoms with Crippen molar-refractivity contribution in [3.05, 3.63) is 24.0 Å². The van der Waals surface area contributed by atoms with Gasteiger partial charge in [0, 0.05) is 6.20 Å². The van der Waals surface area contributed by atoms with Crippen LogP contribution in [-0.2, 0) is 10.0 Å². The first-order valence-electron chi connectivity index (χ1n) is 5.16. The summed E-state index contributed by atoms with van der Waals surface area (Å²) in [7, 11) is -3.48. The van der Waals surface area contributed by atoms with Crippen molar-refractivity contribution in [3.8, 4) is 0 Å². The lowest BCUT2D eigenvalue weighted by Crippen LogP contribution is -2.19. The number of anilines is 1. The van der Waals surface area contributed by atoms with Crippen LogP contribution in [0.1, 0.15) is 23.2 Å². The van der Waals surface area contributed by atoms with Crippen molar-refractivity contribution in [2.24, 2.45) is 5.92 Å². The van der Waals surface area contributed by atoms with Gasteiger partial charge in [-0.05, 0) is 24.8 Å². The summed E-state index contributed by atoms with van der Waals surface area (Å²) in [6.07, 6.45) is 4.34. The van der Waals surface area contributed by atoms with Gasteiger partial charge < -0.3 is 5.11 Å². The van der Waals surface area contributed by atoms with Crippen LogP contribution in [0.5, 0.6) is 0 Å². The van der Waals surface area contributed by atoms with Crippen LogP contribution in [0.15, 0.2) is 18.5 Å². The van der Waals surface area contributed by atoms with Gasteiger partial charge in [-0.25, -0.2) is 13.2 Å². The van der Waals surface area contributed by atoms with E-state index in [0.29, 0.717) is 0 Å². The van der Waals surface area contributed by atoms with Gasteiger partial charge in [0.15, 0.2) is 0 Å². The zero-order valence-corrected chi connectivity index (χ0v) is 9.77. The van der Waals surface area contributed by atoms with E-state index in [0.717, 1.165) is 12.8 Å². The number of nitrogens with one attached hydrogen (secondary N) is 1. The molecule has 17 heavy (non-hydrogen) atoms. The Hall–Kier alpha value is -1.63. The normalized spacial score (nSPS) is 15.5. The van der Waals surface area contributed by atoms with E-state index < -0.39 is 16.0 Å². The molecular weight excluding hydrogens is 244 g/mol. The molecule has 0 unspecified atom stereocenters. The van der Waals surface area contributed by atoms with Crippen molar-refractivity contribution in [1.29, 1.82) is 0 Å². The molecule has 1 aromatic heterocycles. The molecular formula is C10H12N2O4S. The van der Waals surface area contributed by atoms with Gasteiger partial charge in [0.05, 0.1) is 23.2 Å². The summed E-state index contributed by atoms with van der Waals surface area (Å²) in [6, 6.07) is 1.26. The molecule has 0 bridgehead atoms. The lowest BCUT2D eigenvalue weighted by Gasteiger charge is -2.09. The average Bonchev–Trinajstić information content (AvgIpc) is 3.00. The fraction of sp³-hybridized carbons (Fsp3) is 0.400. The van der Waals surface area contributed by atoms with Crippen molar-refractivity contribution in [1.82, 2.24) is 4.98 Å². The number of hydrogen-bond donors (Lipinski definition) is 2. The van der Waals surface area contributed by atoms with Crippen LogP contribution >= 0.6 is 0 Å². The third-order valence-corrected chi connectivity index (χ3v) is 3.91. The molecule has 0 atom stereocenters. The molecule has 6 nitrogen and oxygen atoms in total. The predicted molar refractivity (Wildman–Crippen MR) is 61.3 cm³/mol. The van der Waals surface area contributed by atoms with Gasteiger partial charge >= 0.3 is 5.97 Å². The van der Waals surface area contributed by atoms with Crippen molar-refractivity contribution in [3.63, 3.8) is 0 Å². The Kier molecular flexibility index (Phi) is 3.01. The number of aromatic carboxylic acids is 1. The van der Waals surface area contributed by atoms with Crippen molar-refractivity contribution < 1.29 is 18.3 Å². The molecule has 2 N–H and O–H groups in total. The van der Waals surface area contributed by atoms with E-state index in [9.17, 15) is 13.2 Å². The second-order valence-corrected chi connectivity index (χ2v) is 5.82. The minimum atomic E-state index is -3.48. The van der Waals surface area contributed by atoms with Gasteiger partial charge in [0.1, 0.15) is 0 Å². The lowest BCUT2D eigenvalue weighted by molar-refractivity contribution is 0.0698. The summed E-state index contributed by atoms with van der Waals surface area (Å²) in [6.45, 7) is 0. The maximum absolute atomic E-state index is 11.7. The molecule has 0 aromatic carbocycles. The van der Waals surface area contributed by atoms with E-state index in [1.54, 1.807) is 0 Å². The summed E-state index contributed by atoms with van der Waals surface area (Å²) in [4.78, 5) is 14.6. The third-order valence-electron chi connectivity index (χ3n) is 2.47. The Bertz CT molecular complexity index is 537. The Morgan fingerprint density at radius 2 is 2.24 bits per heavy atom. The number of carboxylic acids is 1. The molecule has 1 aliphatic carbocycles. The molecule has 0 spiro atoms. The number of aromatic nitrogens is 1. The topological polar surface area (TPSA) is 96.4 Å². The van der Waals surface area contributed by atoms with E-state index >= 15 is 0 Å². The van der Waals surface area contributed by atoms with E-state index in [2.05, 4.69) is 9.71 Å². The number of nitrogens with zero attached hydrogens (tertiary/aromatic N) is 1. The van der Waals surface area contributed by atoms with Gasteiger partial charge in [0.2, 0.25) is 10.0 Å². The number of hydrogen-bond acceptors (Lipinski definition) is 4. The monoisotopic (exact) mass is 256 g/mol. The molecule has 92 valence electrons. The number of pyridine rings is 1. The molecule has 1 aliphatic rings. The predicted octanol–water partition coefficient (Wildman–Crippen LogP) is 0.931. The number of rotatable bonds is 5. The summed E-state index contributed by atoms with van der Waals surface area (Å²) < 4.78 is 25.7. The molecule has 1 aromatic rings. The molecule has 0 aliphatic heterocycles. The van der Waals surface area contributed by atoms with Crippen LogP contribution in [0.2, 0.25) is 0 Å². The van der Waals surface area contributed by atoms with Crippen molar-refractivity contribution in [2.45, 2.75) is 12.8 Å². The van der Waals surface area contributed by atoms with E-state index in [1.807, 2.05) is 0 Å². The Labute approximate surface area is 98.7 Å². The molecule has 0 radical (unpaired) electrons. The van der Waals surface area contributed by atoms with Gasteiger partial charge in [-0.3, -0.25) is 9.71 Å². The first-order chi connectivity index (χ1) is 7.98. The number of sulfonamides is 1. The van der Waals surface area contributed by atoms with E-state index in [-0.39, 0.29) is 22.9 Å². The van der Waals surface area contributed by atoms with Crippen LogP contribution in [0.3, 0.4) is 0 Å². The Morgan fingerprint density at radius 1 is 1.53 bits per heavy atom. The number of carbonyl (C=O) groups is 1. The van der Waals surface area contributed by atoms with Gasteiger partial charge in [-0.1, -0.05) is 0 Å². The number of carboxylic acid groups (broad SMARTS) is 1. The summed E-state index contributed by atoms with van der Waals surface area (Å²) >= 11 is 0. The lowest BCUT2D eigenvalue weighted by atomic mass is 10.2. The zero-order valence-electron chi connectivity index (χ0n) is 8.96. The van der Waals surface area contributed by atoms with Crippen molar-refractivity contribution >= 4 is 21.7 Å². The highest BCUT2D eigenvalue weighted by atomic mass is 32.2. The largest absolute Gasteiger partial charge is 0.478 e. The molecule has 1 fully saturated rings. The minimum Gasteiger partial charge on any atom is -0.478 e. The summed E-state index contributed by atoms with van der Waals surface area (Å²) in [5.41, 5.74) is -0.0833. The van der Waals surface area contributed by atoms with Crippen LogP contribution in [0.4, 0.5) is 5.69 Å². The van der Waals surface area contributed by atoms with E-state index in [4.69, 9.17) is 5.11 Å². The molecule has 1 heterocycles. The van der Waals surface area contributed by atoms with Crippen molar-refractivity contribution in [2.75, 3.05) is 10.5 Å². The molecule has 0 saturated heterocycles. The summed E-state index contributed by atoms with van der Waals surface area (Å²) in [5, 5.41) is 8.89. The van der Waals surface area contributed by atoms with Crippen LogP contribution < -0.4 is 4.72 Å². The zero-order chi connectivity index (χ0) is 12.5. The molecule has 0 amide bonds. The highest BCUT2D eigenvalue weighted by Crippen LogP contribution is 2.30. The highest BCUT2D eigenvalue weighted by molar-refractivity contribution is 7.92. The standard InChI is InChI=1S/C10H12N2O4S/c13-10(14)8-3-4-11-5-9(8)12-17(15,16)6-7-1-2-7/h3-5,7,12H,1-2,6H2,(H,13,14). The smallest absolute Gasteiger partial charge is 0.337 e. The average molecular weight is 256 g/mol. The summed E-state index contributed by atoms with van der Waals surface area (Å²) in [5.74, 6) is -0.935. The van der Waals surface area contributed by atoms with Crippen LogP contribution in [0.25, 0.3) is 0 Å². The quantitative estimate of drug-likeness (QED) is 0.817. The molecule has 2 rings (SSSR count). The van der Waals surface area contributed by atoms with Gasteiger partial charge in [-0.15, -0.1) is 0 Å². The van der Waals surface area contributed by atoms with Gasteiger partial charge in [-0.2, -0.15) is 0 Å². The second-order valence-electron chi connectivity index (χ2n) is 4.05. The second kappa shape index (κ2) is 4.33.